The molecule has 2 aromatic rings. The van der Waals surface area contributed by atoms with Crippen molar-refractivity contribution < 1.29 is 17.9 Å². The summed E-state index contributed by atoms with van der Waals surface area (Å²) in [5.41, 5.74) is 5.00. The lowest BCUT2D eigenvalue weighted by Gasteiger charge is -2.31. The number of carbonyl (C=O) groups excluding carboxylic acids is 1. The van der Waals surface area contributed by atoms with Crippen molar-refractivity contribution in [3.05, 3.63) is 41.0 Å². The molecule has 1 amide bonds. The first-order chi connectivity index (χ1) is 15.4. The van der Waals surface area contributed by atoms with Crippen LogP contribution in [0, 0.1) is 6.92 Å². The molecule has 2 N–H and O–H groups in total. The second-order valence-electron chi connectivity index (χ2n) is 8.18. The molecule has 174 valence electrons. The van der Waals surface area contributed by atoms with Crippen LogP contribution in [0.2, 0.25) is 0 Å². The molecule has 0 radical (unpaired) electrons. The molecule has 1 fully saturated rings. The summed E-state index contributed by atoms with van der Waals surface area (Å²) in [6.07, 6.45) is 3.73. The Morgan fingerprint density at radius 2 is 1.94 bits per heavy atom. The molecule has 1 unspecified atom stereocenters. The Labute approximate surface area is 189 Å². The van der Waals surface area contributed by atoms with Gasteiger partial charge in [-0.2, -0.15) is 4.31 Å². The Balaban J connectivity index is 1.74. The number of carbonyl (C=O) groups is 1. The number of aromatic nitrogens is 2. The number of ether oxygens (including phenoxy) is 1. The first kappa shape index (κ1) is 22.6. The lowest BCUT2D eigenvalue weighted by atomic mass is 10.1. The molecular weight excluding hydrogens is 430 g/mol. The van der Waals surface area contributed by atoms with Gasteiger partial charge in [-0.15, -0.1) is 0 Å². The van der Waals surface area contributed by atoms with Crippen LogP contribution in [0.25, 0.3) is 0 Å². The molecular formula is C22H31N5O4S. The molecule has 1 aromatic carbocycles. The summed E-state index contributed by atoms with van der Waals surface area (Å²) in [6.45, 7) is 7.21. The van der Waals surface area contributed by atoms with Gasteiger partial charge in [0, 0.05) is 25.1 Å². The zero-order valence-electron chi connectivity index (χ0n) is 18.8. The zero-order chi connectivity index (χ0) is 22.9. The van der Waals surface area contributed by atoms with Crippen molar-refractivity contribution in [3.8, 4) is 5.75 Å². The Morgan fingerprint density at radius 3 is 2.62 bits per heavy atom. The van der Waals surface area contributed by atoms with Gasteiger partial charge in [0.15, 0.2) is 5.69 Å². The molecule has 4 rings (SSSR count). The number of imidazole rings is 1. The van der Waals surface area contributed by atoms with E-state index in [9.17, 15) is 13.2 Å². The normalized spacial score (nSPS) is 19.2. The SMILES string of the molecule is CCCc1nc(C)c2n1NC(c1cc(S(=O)(=O)N3CCCCC3)ccc1OCC)NC2=O. The Bertz CT molecular complexity index is 1110. The van der Waals surface area contributed by atoms with Gasteiger partial charge < -0.3 is 10.1 Å². The van der Waals surface area contributed by atoms with Crippen molar-refractivity contribution in [1.82, 2.24) is 19.3 Å². The maximum atomic E-state index is 13.3. The van der Waals surface area contributed by atoms with Crippen LogP contribution in [0.3, 0.4) is 0 Å². The number of hydrogen-bond acceptors (Lipinski definition) is 6. The van der Waals surface area contributed by atoms with E-state index in [1.54, 1.807) is 27.2 Å². The number of rotatable bonds is 7. The first-order valence-corrected chi connectivity index (χ1v) is 12.7. The van der Waals surface area contributed by atoms with Crippen molar-refractivity contribution in [2.75, 3.05) is 25.1 Å². The Hall–Kier alpha value is -2.59. The van der Waals surface area contributed by atoms with Gasteiger partial charge in [0.1, 0.15) is 17.7 Å². The smallest absolute Gasteiger partial charge is 0.273 e. The van der Waals surface area contributed by atoms with Crippen molar-refractivity contribution in [1.29, 1.82) is 0 Å². The Kier molecular flexibility index (Phi) is 6.43. The van der Waals surface area contributed by atoms with Gasteiger partial charge in [0.05, 0.1) is 17.2 Å². The van der Waals surface area contributed by atoms with Crippen LogP contribution >= 0.6 is 0 Å². The van der Waals surface area contributed by atoms with E-state index in [1.165, 1.54) is 0 Å². The largest absolute Gasteiger partial charge is 0.493 e. The first-order valence-electron chi connectivity index (χ1n) is 11.3. The van der Waals surface area contributed by atoms with Crippen LogP contribution in [0.15, 0.2) is 23.1 Å². The third kappa shape index (κ3) is 4.09. The van der Waals surface area contributed by atoms with Gasteiger partial charge in [0.25, 0.3) is 5.91 Å². The number of hydrogen-bond donors (Lipinski definition) is 2. The molecule has 0 bridgehead atoms. The molecule has 32 heavy (non-hydrogen) atoms. The van der Waals surface area contributed by atoms with Crippen LogP contribution in [-0.2, 0) is 16.4 Å². The molecule has 2 aliphatic heterocycles. The quantitative estimate of drug-likeness (QED) is 0.657. The van der Waals surface area contributed by atoms with Crippen LogP contribution < -0.4 is 15.5 Å². The van der Waals surface area contributed by atoms with E-state index in [2.05, 4.69) is 22.7 Å². The topological polar surface area (TPSA) is 106 Å². The Morgan fingerprint density at radius 1 is 1.19 bits per heavy atom. The van der Waals surface area contributed by atoms with Crippen LogP contribution in [0.5, 0.6) is 5.75 Å². The highest BCUT2D eigenvalue weighted by molar-refractivity contribution is 7.89. The number of sulfonamides is 1. The number of nitrogens with zero attached hydrogens (tertiary/aromatic N) is 3. The number of benzene rings is 1. The summed E-state index contributed by atoms with van der Waals surface area (Å²) in [7, 11) is -3.62. The van der Waals surface area contributed by atoms with E-state index < -0.39 is 16.2 Å². The van der Waals surface area contributed by atoms with E-state index in [1.807, 2.05) is 13.8 Å². The molecule has 0 aliphatic carbocycles. The molecule has 1 saturated heterocycles. The summed E-state index contributed by atoms with van der Waals surface area (Å²) in [5, 5.41) is 2.94. The molecule has 0 spiro atoms. The average molecular weight is 462 g/mol. The molecule has 10 heteroatoms. The molecule has 0 saturated carbocycles. The predicted octanol–water partition coefficient (Wildman–Crippen LogP) is 2.70. The van der Waals surface area contributed by atoms with Crippen molar-refractivity contribution >= 4 is 15.9 Å². The highest BCUT2D eigenvalue weighted by Gasteiger charge is 2.33. The third-order valence-electron chi connectivity index (χ3n) is 5.89. The maximum absolute atomic E-state index is 13.3. The molecule has 1 aromatic heterocycles. The van der Waals surface area contributed by atoms with Gasteiger partial charge >= 0.3 is 0 Å². The van der Waals surface area contributed by atoms with E-state index in [4.69, 9.17) is 4.74 Å². The van der Waals surface area contributed by atoms with E-state index in [0.29, 0.717) is 42.4 Å². The molecule has 1 atom stereocenters. The number of amides is 1. The fraction of sp³-hybridized carbons (Fsp3) is 0.545. The van der Waals surface area contributed by atoms with Crippen molar-refractivity contribution in [2.45, 2.75) is 63.9 Å². The number of nitrogens with one attached hydrogen (secondary N) is 2. The molecule has 2 aliphatic rings. The highest BCUT2D eigenvalue weighted by Crippen LogP contribution is 2.32. The summed E-state index contributed by atoms with van der Waals surface area (Å²) in [5.74, 6) is 1.04. The summed E-state index contributed by atoms with van der Waals surface area (Å²) >= 11 is 0. The average Bonchev–Trinajstić information content (AvgIpc) is 3.10. The van der Waals surface area contributed by atoms with Gasteiger partial charge in [0.2, 0.25) is 10.0 Å². The summed E-state index contributed by atoms with van der Waals surface area (Å²) in [6, 6.07) is 4.87. The van der Waals surface area contributed by atoms with Crippen LogP contribution in [0.1, 0.15) is 73.3 Å². The molecule has 3 heterocycles. The zero-order valence-corrected chi connectivity index (χ0v) is 19.7. The second-order valence-corrected chi connectivity index (χ2v) is 10.1. The number of fused-ring (bicyclic) bond motifs is 1. The lowest BCUT2D eigenvalue weighted by molar-refractivity contribution is 0.0913. The van der Waals surface area contributed by atoms with E-state index in [0.717, 1.165) is 37.9 Å². The number of aryl methyl sites for hydroxylation is 2. The minimum atomic E-state index is -3.62. The van der Waals surface area contributed by atoms with E-state index >= 15 is 0 Å². The minimum Gasteiger partial charge on any atom is -0.493 e. The lowest BCUT2D eigenvalue weighted by Crippen LogP contribution is -2.45. The maximum Gasteiger partial charge on any atom is 0.273 e. The summed E-state index contributed by atoms with van der Waals surface area (Å²) < 4.78 is 35.6. The fourth-order valence-electron chi connectivity index (χ4n) is 4.35. The summed E-state index contributed by atoms with van der Waals surface area (Å²) in [4.78, 5) is 17.7. The predicted molar refractivity (Wildman–Crippen MR) is 121 cm³/mol. The second kappa shape index (κ2) is 9.11. The monoisotopic (exact) mass is 461 g/mol. The van der Waals surface area contributed by atoms with Crippen LogP contribution in [-0.4, -0.2) is 48.0 Å². The minimum absolute atomic E-state index is 0.204. The van der Waals surface area contributed by atoms with Gasteiger partial charge in [-0.05, 0) is 51.3 Å². The number of piperidine rings is 1. The van der Waals surface area contributed by atoms with Gasteiger partial charge in [-0.25, -0.2) is 18.1 Å². The standard InChI is InChI=1S/C22H31N5O4S/c1-4-9-19-23-15(3)20-22(28)24-21(25-27(19)20)17-14-16(10-11-18(17)31-5-2)32(29,30)26-12-7-6-8-13-26/h10-11,14,21,25H,4-9,12-13H2,1-3H3,(H,24,28). The third-order valence-corrected chi connectivity index (χ3v) is 7.78. The van der Waals surface area contributed by atoms with Crippen molar-refractivity contribution in [2.24, 2.45) is 0 Å². The fourth-order valence-corrected chi connectivity index (χ4v) is 5.90. The van der Waals surface area contributed by atoms with E-state index in [-0.39, 0.29) is 10.8 Å². The highest BCUT2D eigenvalue weighted by atomic mass is 32.2. The van der Waals surface area contributed by atoms with Gasteiger partial charge in [-0.3, -0.25) is 10.2 Å². The van der Waals surface area contributed by atoms with Gasteiger partial charge in [-0.1, -0.05) is 13.3 Å². The van der Waals surface area contributed by atoms with Crippen molar-refractivity contribution in [3.63, 3.8) is 0 Å². The van der Waals surface area contributed by atoms with Crippen LogP contribution in [0.4, 0.5) is 0 Å². The molecule has 9 nitrogen and oxygen atoms in total.